The molecule has 5 nitrogen and oxygen atoms in total. The van der Waals surface area contributed by atoms with Crippen molar-refractivity contribution in [3.63, 3.8) is 0 Å². The summed E-state index contributed by atoms with van der Waals surface area (Å²) in [6.45, 7) is 4.07. The van der Waals surface area contributed by atoms with Crippen molar-refractivity contribution in [1.82, 2.24) is 0 Å². The summed E-state index contributed by atoms with van der Waals surface area (Å²) in [5.74, 6) is -0.359. The highest BCUT2D eigenvalue weighted by Gasteiger charge is 2.10. The maximum atomic E-state index is 11.5. The molecule has 5 heteroatoms. The number of ether oxygens (including phenoxy) is 2. The van der Waals surface area contributed by atoms with Crippen LogP contribution in [-0.2, 0) is 9.53 Å². The van der Waals surface area contributed by atoms with Gasteiger partial charge >= 0.3 is 5.97 Å². The highest BCUT2D eigenvalue weighted by atomic mass is 16.5. The van der Waals surface area contributed by atoms with Crippen LogP contribution in [0.2, 0.25) is 0 Å². The van der Waals surface area contributed by atoms with E-state index in [0.29, 0.717) is 17.9 Å². The number of carbonyl (C=O) groups excluding carboxylic acids is 1. The van der Waals surface area contributed by atoms with Crippen molar-refractivity contribution in [2.75, 3.05) is 13.2 Å². The number of hydrogen-bond acceptors (Lipinski definition) is 5. The summed E-state index contributed by atoms with van der Waals surface area (Å²) >= 11 is 0. The van der Waals surface area contributed by atoms with Crippen LogP contribution in [0, 0.1) is 11.3 Å². The van der Waals surface area contributed by atoms with Gasteiger partial charge in [0.05, 0.1) is 13.2 Å². The molecule has 1 aromatic rings. The Bertz CT molecular complexity index is 529. The van der Waals surface area contributed by atoms with Crippen molar-refractivity contribution in [2.45, 2.75) is 13.8 Å². The van der Waals surface area contributed by atoms with Gasteiger partial charge in [-0.15, -0.1) is 0 Å². The van der Waals surface area contributed by atoms with Crippen molar-refractivity contribution >= 4 is 12.0 Å². The smallest absolute Gasteiger partial charge is 0.348 e. The summed E-state index contributed by atoms with van der Waals surface area (Å²) in [5, 5.41) is 18.5. The number of nitriles is 1. The number of hydrogen-bond donors (Lipinski definition) is 1. The summed E-state index contributed by atoms with van der Waals surface area (Å²) in [4.78, 5) is 11.5. The van der Waals surface area contributed by atoms with E-state index < -0.39 is 5.97 Å². The third-order valence-electron chi connectivity index (χ3n) is 2.21. The zero-order valence-corrected chi connectivity index (χ0v) is 10.8. The summed E-state index contributed by atoms with van der Waals surface area (Å²) in [6.07, 6.45) is 1.39. The zero-order chi connectivity index (χ0) is 14.3. The molecule has 1 rings (SSSR count). The molecule has 0 fully saturated rings. The second kappa shape index (κ2) is 7.07. The zero-order valence-electron chi connectivity index (χ0n) is 10.8. The van der Waals surface area contributed by atoms with Crippen molar-refractivity contribution in [3.8, 4) is 17.6 Å². The first-order chi connectivity index (χ1) is 9.12. The first-order valence-corrected chi connectivity index (χ1v) is 5.87. The molecule has 1 aromatic carbocycles. The second-order valence-electron chi connectivity index (χ2n) is 3.55. The number of rotatable bonds is 5. The van der Waals surface area contributed by atoms with Gasteiger partial charge in [-0.3, -0.25) is 0 Å². The summed E-state index contributed by atoms with van der Waals surface area (Å²) in [7, 11) is 0. The summed E-state index contributed by atoms with van der Waals surface area (Å²) in [6, 6.07) is 6.35. The summed E-state index contributed by atoms with van der Waals surface area (Å²) < 4.78 is 9.98. The maximum absolute atomic E-state index is 11.5. The highest BCUT2D eigenvalue weighted by molar-refractivity contribution is 5.97. The van der Waals surface area contributed by atoms with E-state index in [0.717, 1.165) is 0 Å². The van der Waals surface area contributed by atoms with Crippen LogP contribution in [0.3, 0.4) is 0 Å². The van der Waals surface area contributed by atoms with Crippen LogP contribution in [0.25, 0.3) is 6.08 Å². The number of esters is 1. The standard InChI is InChI=1S/C14H15NO4/c1-3-18-13-8-10(5-6-12(13)16)7-11(9-15)14(17)19-4-2/h5-8,16H,3-4H2,1-2H3/b11-7+. The lowest BCUT2D eigenvalue weighted by Crippen LogP contribution is -2.06. The van der Waals surface area contributed by atoms with E-state index in [-0.39, 0.29) is 17.9 Å². The molecule has 0 heterocycles. The Morgan fingerprint density at radius 1 is 1.42 bits per heavy atom. The van der Waals surface area contributed by atoms with Crippen molar-refractivity contribution in [2.24, 2.45) is 0 Å². The number of aromatic hydroxyl groups is 1. The molecule has 0 aliphatic heterocycles. The second-order valence-corrected chi connectivity index (χ2v) is 3.55. The molecular weight excluding hydrogens is 246 g/mol. The van der Waals surface area contributed by atoms with Gasteiger partial charge in [0.15, 0.2) is 11.5 Å². The Morgan fingerprint density at radius 2 is 2.16 bits per heavy atom. The Morgan fingerprint density at radius 3 is 2.74 bits per heavy atom. The van der Waals surface area contributed by atoms with E-state index in [4.69, 9.17) is 14.7 Å². The van der Waals surface area contributed by atoms with Gasteiger partial charge in [0.25, 0.3) is 0 Å². The lowest BCUT2D eigenvalue weighted by molar-refractivity contribution is -0.137. The largest absolute Gasteiger partial charge is 0.504 e. The molecule has 1 N–H and O–H groups in total. The lowest BCUT2D eigenvalue weighted by Gasteiger charge is -2.06. The number of benzene rings is 1. The van der Waals surface area contributed by atoms with Crippen LogP contribution in [0.5, 0.6) is 11.5 Å². The van der Waals surface area contributed by atoms with E-state index in [1.54, 1.807) is 32.0 Å². The normalized spacial score (nSPS) is 10.7. The van der Waals surface area contributed by atoms with Gasteiger partial charge in [-0.2, -0.15) is 5.26 Å². The van der Waals surface area contributed by atoms with Crippen LogP contribution in [-0.4, -0.2) is 24.3 Å². The Balaban J connectivity index is 3.06. The topological polar surface area (TPSA) is 79.6 Å². The average molecular weight is 261 g/mol. The molecule has 0 aliphatic carbocycles. The molecule has 0 bridgehead atoms. The van der Waals surface area contributed by atoms with Crippen LogP contribution in [0.4, 0.5) is 0 Å². The molecule has 0 radical (unpaired) electrons. The molecule has 0 unspecified atom stereocenters. The minimum absolute atomic E-state index is 0.00800. The van der Waals surface area contributed by atoms with Crippen LogP contribution in [0.1, 0.15) is 19.4 Å². The number of nitrogens with zero attached hydrogens (tertiary/aromatic N) is 1. The van der Waals surface area contributed by atoms with Gasteiger partial charge in [0.2, 0.25) is 0 Å². The Labute approximate surface area is 111 Å². The third-order valence-corrected chi connectivity index (χ3v) is 2.21. The summed E-state index contributed by atoms with van der Waals surface area (Å²) in [5.41, 5.74) is 0.473. The van der Waals surface area contributed by atoms with Crippen molar-refractivity contribution < 1.29 is 19.4 Å². The maximum Gasteiger partial charge on any atom is 0.348 e. The van der Waals surface area contributed by atoms with Crippen molar-refractivity contribution in [3.05, 3.63) is 29.3 Å². The predicted octanol–water partition coefficient (Wildman–Crippen LogP) is 2.26. The molecule has 0 aliphatic rings. The fraction of sp³-hybridized carbons (Fsp3) is 0.286. The fourth-order valence-electron chi connectivity index (χ4n) is 1.40. The van der Waals surface area contributed by atoms with Gasteiger partial charge in [-0.1, -0.05) is 6.07 Å². The van der Waals surface area contributed by atoms with E-state index >= 15 is 0 Å². The van der Waals surface area contributed by atoms with Crippen LogP contribution >= 0.6 is 0 Å². The van der Waals surface area contributed by atoms with E-state index in [9.17, 15) is 9.90 Å². The third kappa shape index (κ3) is 4.03. The lowest BCUT2D eigenvalue weighted by atomic mass is 10.1. The van der Waals surface area contributed by atoms with E-state index in [1.807, 2.05) is 0 Å². The molecule has 0 amide bonds. The quantitative estimate of drug-likeness (QED) is 0.499. The minimum Gasteiger partial charge on any atom is -0.504 e. The molecule has 0 saturated heterocycles. The minimum atomic E-state index is -0.670. The van der Waals surface area contributed by atoms with Crippen molar-refractivity contribution in [1.29, 1.82) is 5.26 Å². The van der Waals surface area contributed by atoms with Gasteiger partial charge < -0.3 is 14.6 Å². The molecular formula is C14H15NO4. The molecule has 100 valence electrons. The van der Waals surface area contributed by atoms with Gasteiger partial charge in [-0.25, -0.2) is 4.79 Å². The molecule has 19 heavy (non-hydrogen) atoms. The van der Waals surface area contributed by atoms with Gasteiger partial charge in [0.1, 0.15) is 11.6 Å². The molecule has 0 saturated carbocycles. The van der Waals surface area contributed by atoms with Gasteiger partial charge in [0, 0.05) is 0 Å². The predicted molar refractivity (Wildman–Crippen MR) is 69.5 cm³/mol. The van der Waals surface area contributed by atoms with Gasteiger partial charge in [-0.05, 0) is 37.6 Å². The Kier molecular flexibility index (Phi) is 5.42. The fourth-order valence-corrected chi connectivity index (χ4v) is 1.40. The molecule has 0 atom stereocenters. The Hall–Kier alpha value is -2.48. The molecule has 0 aromatic heterocycles. The first-order valence-electron chi connectivity index (χ1n) is 5.87. The number of carbonyl (C=O) groups is 1. The van der Waals surface area contributed by atoms with Crippen LogP contribution in [0.15, 0.2) is 23.8 Å². The SMILES string of the molecule is CCOC(=O)/C(C#N)=C/c1ccc(O)c(OCC)c1. The highest BCUT2D eigenvalue weighted by Crippen LogP contribution is 2.27. The number of phenolic OH excluding ortho intramolecular Hbond substituents is 1. The monoisotopic (exact) mass is 261 g/mol. The average Bonchev–Trinajstić information content (AvgIpc) is 2.40. The molecule has 0 spiro atoms. The number of phenols is 1. The van der Waals surface area contributed by atoms with Crippen LogP contribution < -0.4 is 4.74 Å². The first kappa shape index (κ1) is 14.6. The van der Waals surface area contributed by atoms with E-state index in [2.05, 4.69) is 0 Å². The van der Waals surface area contributed by atoms with E-state index in [1.165, 1.54) is 12.1 Å².